The Morgan fingerprint density at radius 1 is 1.09 bits per heavy atom. The molecule has 3 rings (SSSR count). The summed E-state index contributed by atoms with van der Waals surface area (Å²) >= 11 is 5.98. The van der Waals surface area contributed by atoms with Crippen LogP contribution in [0.3, 0.4) is 0 Å². The molecule has 0 bridgehead atoms. The maximum atomic E-state index is 12.3. The normalized spacial score (nSPS) is 19.0. The Balaban J connectivity index is 2.15. The second-order valence-corrected chi connectivity index (χ2v) is 6.75. The number of carbonyl (C=O) groups excluding carboxylic acids is 1. The van der Waals surface area contributed by atoms with Crippen molar-refractivity contribution >= 4 is 33.5 Å². The highest BCUT2D eigenvalue weighted by Crippen LogP contribution is 2.35. The van der Waals surface area contributed by atoms with Crippen LogP contribution in [0.25, 0.3) is 0 Å². The first-order valence-corrected chi connectivity index (χ1v) is 8.48. The molecule has 1 unspecified atom stereocenters. The minimum absolute atomic E-state index is 0.427. The van der Waals surface area contributed by atoms with Crippen molar-refractivity contribution in [3.05, 3.63) is 65.2 Å². The van der Waals surface area contributed by atoms with Crippen LogP contribution in [-0.2, 0) is 10.2 Å². The van der Waals surface area contributed by atoms with E-state index in [-0.39, 0.29) is 0 Å². The first kappa shape index (κ1) is 15.8. The number of anilines is 1. The zero-order valence-corrected chi connectivity index (χ0v) is 13.3. The predicted molar refractivity (Wildman–Crippen MR) is 86.6 cm³/mol. The molecule has 2 aromatic rings. The fourth-order valence-corrected chi connectivity index (χ4v) is 3.31. The molecule has 0 spiro atoms. The van der Waals surface area contributed by atoms with Crippen molar-refractivity contribution in [2.24, 2.45) is 5.14 Å². The molecule has 0 radical (unpaired) electrons. The zero-order chi connectivity index (χ0) is 16.6. The Bertz CT molecular complexity index is 844. The minimum atomic E-state index is -4.16. The summed E-state index contributed by atoms with van der Waals surface area (Å²) in [6, 6.07) is 14.7. The van der Waals surface area contributed by atoms with Gasteiger partial charge in [-0.05, 0) is 23.8 Å². The van der Waals surface area contributed by atoms with Gasteiger partial charge in [-0.1, -0.05) is 52.4 Å². The third-order valence-corrected chi connectivity index (χ3v) is 4.42. The monoisotopic (exact) mass is 352 g/mol. The van der Waals surface area contributed by atoms with Crippen LogP contribution in [0, 0.1) is 0 Å². The smallest absolute Gasteiger partial charge is 0.270 e. The van der Waals surface area contributed by atoms with E-state index in [1.165, 1.54) is 4.90 Å². The summed E-state index contributed by atoms with van der Waals surface area (Å²) in [6.45, 7) is 0. The molecule has 120 valence electrons. The largest absolute Gasteiger partial charge is 0.339 e. The molecule has 0 aliphatic carbocycles. The fraction of sp³-hybridized carbons (Fsp3) is 0.0714. The number of benzene rings is 2. The summed E-state index contributed by atoms with van der Waals surface area (Å²) in [4.78, 5) is 13.6. The summed E-state index contributed by atoms with van der Waals surface area (Å²) < 4.78 is 24.4. The summed E-state index contributed by atoms with van der Waals surface area (Å²) in [5.41, 5.74) is 3.31. The van der Waals surface area contributed by atoms with Crippen LogP contribution in [-0.4, -0.2) is 18.9 Å². The average molecular weight is 353 g/mol. The number of carbonyl (C=O) groups is 1. The van der Waals surface area contributed by atoms with E-state index in [0.717, 1.165) is 4.41 Å². The van der Waals surface area contributed by atoms with Crippen LogP contribution in [0.5, 0.6) is 0 Å². The van der Waals surface area contributed by atoms with Crippen LogP contribution in [0.1, 0.15) is 11.7 Å². The van der Waals surface area contributed by atoms with E-state index in [2.05, 4.69) is 5.43 Å². The van der Waals surface area contributed by atoms with E-state index in [1.54, 1.807) is 54.6 Å². The Morgan fingerprint density at radius 3 is 2.39 bits per heavy atom. The molecular weight excluding hydrogens is 340 g/mol. The third kappa shape index (κ3) is 3.02. The number of rotatable bonds is 3. The number of hydrogen-bond acceptors (Lipinski definition) is 3. The molecule has 0 aromatic heterocycles. The van der Waals surface area contributed by atoms with Crippen molar-refractivity contribution in [1.29, 1.82) is 0 Å². The number of nitrogens with one attached hydrogen (secondary N) is 1. The third-order valence-electron chi connectivity index (χ3n) is 3.35. The lowest BCUT2D eigenvalue weighted by Gasteiger charge is -2.26. The van der Waals surface area contributed by atoms with Crippen molar-refractivity contribution in [2.45, 2.75) is 6.17 Å². The molecular formula is C14H13ClN4O3S. The summed E-state index contributed by atoms with van der Waals surface area (Å²) in [5, 5.41) is 5.66. The molecule has 7 nitrogen and oxygen atoms in total. The van der Waals surface area contributed by atoms with Gasteiger partial charge in [0.2, 0.25) is 0 Å². The number of nitrogens with zero attached hydrogens (tertiary/aromatic N) is 2. The Hall–Kier alpha value is -2.13. The Labute approximate surface area is 138 Å². The molecule has 1 atom stereocenters. The molecule has 1 heterocycles. The predicted octanol–water partition coefficient (Wildman–Crippen LogP) is 1.99. The molecule has 3 N–H and O–H groups in total. The summed E-state index contributed by atoms with van der Waals surface area (Å²) in [6.07, 6.45) is -0.947. The highest BCUT2D eigenvalue weighted by molar-refractivity contribution is 7.86. The maximum Gasteiger partial charge on any atom is 0.339 e. The highest BCUT2D eigenvalue weighted by Gasteiger charge is 2.44. The van der Waals surface area contributed by atoms with Gasteiger partial charge in [-0.3, -0.25) is 10.3 Å². The summed E-state index contributed by atoms with van der Waals surface area (Å²) in [7, 11) is -4.16. The lowest BCUT2D eigenvalue weighted by atomic mass is 10.1. The standard InChI is InChI=1S/C14H13ClN4O3S/c15-11-7-4-8-12(9-11)18-13(10-5-2-1-3-6-10)19(17-14(18)20)23(16,21)22/h1-9,13H,(H,17,20)(H2,16,21,22). The number of nitrogens with two attached hydrogens (primary N) is 1. The molecule has 1 aliphatic heterocycles. The number of amides is 2. The second kappa shape index (κ2) is 5.82. The van der Waals surface area contributed by atoms with E-state index in [0.29, 0.717) is 16.3 Å². The van der Waals surface area contributed by atoms with E-state index in [4.69, 9.17) is 16.7 Å². The van der Waals surface area contributed by atoms with Gasteiger partial charge in [-0.15, -0.1) is 0 Å². The van der Waals surface area contributed by atoms with Gasteiger partial charge in [-0.25, -0.2) is 9.93 Å². The quantitative estimate of drug-likeness (QED) is 0.884. The molecule has 2 aromatic carbocycles. The van der Waals surface area contributed by atoms with Gasteiger partial charge in [0, 0.05) is 10.7 Å². The van der Waals surface area contributed by atoms with Gasteiger partial charge in [0.25, 0.3) is 10.2 Å². The molecule has 1 aliphatic rings. The van der Waals surface area contributed by atoms with Gasteiger partial charge >= 0.3 is 6.03 Å². The van der Waals surface area contributed by atoms with Crippen molar-refractivity contribution in [2.75, 3.05) is 4.90 Å². The van der Waals surface area contributed by atoms with E-state index >= 15 is 0 Å². The van der Waals surface area contributed by atoms with Crippen molar-refractivity contribution in [1.82, 2.24) is 9.84 Å². The average Bonchev–Trinajstić information content (AvgIpc) is 2.86. The summed E-state index contributed by atoms with van der Waals surface area (Å²) in [5.74, 6) is 0. The number of urea groups is 1. The number of hydrogen-bond donors (Lipinski definition) is 2. The lowest BCUT2D eigenvalue weighted by Crippen LogP contribution is -2.44. The molecule has 9 heteroatoms. The van der Waals surface area contributed by atoms with Crippen LogP contribution in [0.2, 0.25) is 5.02 Å². The van der Waals surface area contributed by atoms with Crippen molar-refractivity contribution in [3.8, 4) is 0 Å². The van der Waals surface area contributed by atoms with Crippen LogP contribution >= 0.6 is 11.6 Å². The second-order valence-electron chi connectivity index (χ2n) is 4.89. The van der Waals surface area contributed by atoms with Gasteiger partial charge in [0.15, 0.2) is 6.17 Å². The minimum Gasteiger partial charge on any atom is -0.270 e. The molecule has 2 amide bonds. The highest BCUT2D eigenvalue weighted by atomic mass is 35.5. The molecule has 23 heavy (non-hydrogen) atoms. The lowest BCUT2D eigenvalue weighted by molar-refractivity contribution is 0.243. The number of hydrazine groups is 1. The fourth-order valence-electron chi connectivity index (χ4n) is 2.42. The van der Waals surface area contributed by atoms with Crippen LogP contribution < -0.4 is 15.5 Å². The van der Waals surface area contributed by atoms with Crippen LogP contribution in [0.15, 0.2) is 54.6 Å². The van der Waals surface area contributed by atoms with E-state index < -0.39 is 22.4 Å². The van der Waals surface area contributed by atoms with Gasteiger partial charge in [-0.2, -0.15) is 8.42 Å². The van der Waals surface area contributed by atoms with Crippen molar-refractivity contribution < 1.29 is 13.2 Å². The molecule has 1 saturated heterocycles. The molecule has 0 saturated carbocycles. The Morgan fingerprint density at radius 2 is 1.78 bits per heavy atom. The van der Waals surface area contributed by atoms with Crippen molar-refractivity contribution in [3.63, 3.8) is 0 Å². The van der Waals surface area contributed by atoms with Gasteiger partial charge in [0.1, 0.15) is 0 Å². The van der Waals surface area contributed by atoms with Gasteiger partial charge < -0.3 is 0 Å². The number of halogens is 1. The zero-order valence-electron chi connectivity index (χ0n) is 11.8. The first-order chi connectivity index (χ1) is 10.9. The van der Waals surface area contributed by atoms with Crippen LogP contribution in [0.4, 0.5) is 10.5 Å². The molecule has 1 fully saturated rings. The van der Waals surface area contributed by atoms with Gasteiger partial charge in [0.05, 0.1) is 0 Å². The van der Waals surface area contributed by atoms with E-state index in [1.807, 2.05) is 0 Å². The topological polar surface area (TPSA) is 95.7 Å². The first-order valence-electron chi connectivity index (χ1n) is 6.60. The maximum absolute atomic E-state index is 12.3. The SMILES string of the molecule is NS(=O)(=O)N1NC(=O)N(c2cccc(Cl)c2)C1c1ccccc1. The van der Waals surface area contributed by atoms with E-state index in [9.17, 15) is 13.2 Å². The Kier molecular flexibility index (Phi) is 3.99.